The second kappa shape index (κ2) is 10.3. The Hall–Kier alpha value is -1.84. The minimum absolute atomic E-state index is 0.642. The van der Waals surface area contributed by atoms with Gasteiger partial charge in [0.25, 0.3) is 0 Å². The molecule has 142 valence electrons. The van der Waals surface area contributed by atoms with E-state index in [9.17, 15) is 5.21 Å². The van der Waals surface area contributed by atoms with Gasteiger partial charge in [-0.2, -0.15) is 5.10 Å². The standard InChI is InChI=1S/C22H33N3O/c26-25-22(17-19-12-6-2-7-13-19)21(16-18-10-4-1-5-11-18)24-23-20-14-8-3-9-15-20/h3,8-9,14-15,18-19,23,26H,1-2,4-7,10-13,16-17H2/b24-21+,25-22+. The summed E-state index contributed by atoms with van der Waals surface area (Å²) in [6, 6.07) is 10.0. The van der Waals surface area contributed by atoms with Crippen molar-refractivity contribution in [3.8, 4) is 0 Å². The van der Waals surface area contributed by atoms with Crippen molar-refractivity contribution in [2.24, 2.45) is 22.1 Å². The third kappa shape index (κ3) is 5.86. The summed E-state index contributed by atoms with van der Waals surface area (Å²) in [6.07, 6.45) is 14.8. The molecule has 0 aromatic heterocycles. The Morgan fingerprint density at radius 1 is 0.808 bits per heavy atom. The van der Waals surface area contributed by atoms with Crippen LogP contribution in [0.3, 0.4) is 0 Å². The Bertz CT molecular complexity index is 585. The molecule has 2 fully saturated rings. The Morgan fingerprint density at radius 2 is 1.35 bits per heavy atom. The van der Waals surface area contributed by atoms with Gasteiger partial charge in [0.05, 0.1) is 11.4 Å². The van der Waals surface area contributed by atoms with Crippen molar-refractivity contribution in [1.82, 2.24) is 0 Å². The molecule has 3 rings (SSSR count). The fourth-order valence-electron chi connectivity index (χ4n) is 4.42. The average molecular weight is 356 g/mol. The third-order valence-corrected chi connectivity index (χ3v) is 5.96. The molecule has 0 unspecified atom stereocenters. The first-order valence-electron chi connectivity index (χ1n) is 10.4. The summed E-state index contributed by atoms with van der Waals surface area (Å²) < 4.78 is 0. The van der Waals surface area contributed by atoms with E-state index in [1.165, 1.54) is 64.2 Å². The maximum atomic E-state index is 9.73. The fraction of sp³-hybridized carbons (Fsp3) is 0.636. The maximum absolute atomic E-state index is 9.73. The number of rotatable bonds is 7. The Kier molecular flexibility index (Phi) is 7.53. The van der Waals surface area contributed by atoms with Gasteiger partial charge in [-0.3, -0.25) is 5.43 Å². The summed E-state index contributed by atoms with van der Waals surface area (Å²) in [5, 5.41) is 18.1. The molecule has 1 aromatic carbocycles. The van der Waals surface area contributed by atoms with E-state index in [4.69, 9.17) is 5.10 Å². The molecule has 0 radical (unpaired) electrons. The number of nitrogens with one attached hydrogen (secondary N) is 1. The van der Waals surface area contributed by atoms with Crippen LogP contribution >= 0.6 is 0 Å². The van der Waals surface area contributed by atoms with E-state index in [0.29, 0.717) is 11.8 Å². The Morgan fingerprint density at radius 3 is 1.88 bits per heavy atom. The SMILES string of the molecule is O/N=C(CC1CCCCC1)/C(CC1CCCCC1)=N/Nc1ccccc1. The van der Waals surface area contributed by atoms with Crippen molar-refractivity contribution in [3.05, 3.63) is 30.3 Å². The number of anilines is 1. The van der Waals surface area contributed by atoms with Crippen LogP contribution in [0.5, 0.6) is 0 Å². The highest BCUT2D eigenvalue weighted by Gasteiger charge is 2.23. The van der Waals surface area contributed by atoms with Crippen LogP contribution in [-0.2, 0) is 0 Å². The van der Waals surface area contributed by atoms with E-state index < -0.39 is 0 Å². The lowest BCUT2D eigenvalue weighted by atomic mass is 9.81. The molecule has 0 heterocycles. The molecule has 4 heteroatoms. The predicted molar refractivity (Wildman–Crippen MR) is 109 cm³/mol. The van der Waals surface area contributed by atoms with Gasteiger partial charge in [-0.25, -0.2) is 0 Å². The lowest BCUT2D eigenvalue weighted by Gasteiger charge is -2.25. The molecule has 1 aromatic rings. The van der Waals surface area contributed by atoms with E-state index in [1.54, 1.807) is 0 Å². The molecule has 26 heavy (non-hydrogen) atoms. The number of hydrazone groups is 1. The molecular weight excluding hydrogens is 322 g/mol. The predicted octanol–water partition coefficient (Wildman–Crippen LogP) is 6.23. The highest BCUT2D eigenvalue weighted by Crippen LogP contribution is 2.30. The van der Waals surface area contributed by atoms with Crippen LogP contribution in [-0.4, -0.2) is 16.6 Å². The topological polar surface area (TPSA) is 57.0 Å². The number of hydrogen-bond acceptors (Lipinski definition) is 4. The molecule has 0 amide bonds. The van der Waals surface area contributed by atoms with Crippen LogP contribution in [0.4, 0.5) is 5.69 Å². The van der Waals surface area contributed by atoms with E-state index in [1.807, 2.05) is 30.3 Å². The molecule has 2 saturated carbocycles. The second-order valence-electron chi connectivity index (χ2n) is 8.00. The quantitative estimate of drug-likeness (QED) is 0.346. The summed E-state index contributed by atoms with van der Waals surface area (Å²) in [7, 11) is 0. The summed E-state index contributed by atoms with van der Waals surface area (Å²) in [4.78, 5) is 0. The molecule has 0 spiro atoms. The van der Waals surface area contributed by atoms with Crippen molar-refractivity contribution in [3.63, 3.8) is 0 Å². The van der Waals surface area contributed by atoms with Gasteiger partial charge >= 0.3 is 0 Å². The Balaban J connectivity index is 1.70. The van der Waals surface area contributed by atoms with E-state index in [0.717, 1.165) is 30.0 Å². The number of hydrogen-bond donors (Lipinski definition) is 2. The monoisotopic (exact) mass is 355 g/mol. The maximum Gasteiger partial charge on any atom is 0.103 e. The van der Waals surface area contributed by atoms with Crippen LogP contribution in [0.25, 0.3) is 0 Å². The van der Waals surface area contributed by atoms with Gasteiger partial charge in [0, 0.05) is 0 Å². The van der Waals surface area contributed by atoms with E-state index in [2.05, 4.69) is 10.6 Å². The van der Waals surface area contributed by atoms with Gasteiger partial charge in [-0.15, -0.1) is 0 Å². The molecule has 0 aliphatic heterocycles. The summed E-state index contributed by atoms with van der Waals surface area (Å²) in [5.74, 6) is 1.31. The molecule has 4 nitrogen and oxygen atoms in total. The lowest BCUT2D eigenvalue weighted by Crippen LogP contribution is -2.24. The van der Waals surface area contributed by atoms with Crippen LogP contribution < -0.4 is 5.43 Å². The molecule has 2 aliphatic carbocycles. The van der Waals surface area contributed by atoms with E-state index >= 15 is 0 Å². The molecule has 0 bridgehead atoms. The van der Waals surface area contributed by atoms with E-state index in [-0.39, 0.29) is 0 Å². The van der Waals surface area contributed by atoms with Crippen molar-refractivity contribution in [2.75, 3.05) is 5.43 Å². The van der Waals surface area contributed by atoms with Crippen LogP contribution in [0.2, 0.25) is 0 Å². The number of benzene rings is 1. The fourth-order valence-corrected chi connectivity index (χ4v) is 4.42. The lowest BCUT2D eigenvalue weighted by molar-refractivity contribution is 0.312. The molecular formula is C22H33N3O. The third-order valence-electron chi connectivity index (χ3n) is 5.96. The summed E-state index contributed by atoms with van der Waals surface area (Å²) in [5.41, 5.74) is 5.91. The minimum Gasteiger partial charge on any atom is -0.411 e. The molecule has 2 N–H and O–H groups in total. The molecule has 2 aliphatic rings. The van der Waals surface area contributed by atoms with Gasteiger partial charge in [0.15, 0.2) is 0 Å². The van der Waals surface area contributed by atoms with Crippen molar-refractivity contribution >= 4 is 17.1 Å². The van der Waals surface area contributed by atoms with Crippen LogP contribution in [0.1, 0.15) is 77.0 Å². The average Bonchev–Trinajstić information content (AvgIpc) is 2.72. The van der Waals surface area contributed by atoms with Gasteiger partial charge in [0.2, 0.25) is 0 Å². The second-order valence-corrected chi connectivity index (χ2v) is 8.00. The van der Waals surface area contributed by atoms with Crippen LogP contribution in [0.15, 0.2) is 40.6 Å². The van der Waals surface area contributed by atoms with Gasteiger partial charge in [0.1, 0.15) is 5.71 Å². The zero-order valence-electron chi connectivity index (χ0n) is 15.9. The summed E-state index contributed by atoms with van der Waals surface area (Å²) >= 11 is 0. The summed E-state index contributed by atoms with van der Waals surface area (Å²) in [6.45, 7) is 0. The first-order chi connectivity index (χ1) is 12.8. The first-order valence-corrected chi connectivity index (χ1v) is 10.4. The van der Waals surface area contributed by atoms with Crippen molar-refractivity contribution < 1.29 is 5.21 Å². The molecule has 0 saturated heterocycles. The van der Waals surface area contributed by atoms with Gasteiger partial charge < -0.3 is 5.21 Å². The molecule has 0 atom stereocenters. The normalized spacial score (nSPS) is 20.9. The Labute approximate surface area is 157 Å². The zero-order chi connectivity index (χ0) is 18.0. The highest BCUT2D eigenvalue weighted by atomic mass is 16.4. The van der Waals surface area contributed by atoms with Gasteiger partial charge in [-0.1, -0.05) is 87.6 Å². The van der Waals surface area contributed by atoms with Crippen molar-refractivity contribution in [2.45, 2.75) is 77.0 Å². The smallest absolute Gasteiger partial charge is 0.103 e. The first kappa shape index (κ1) is 18.9. The minimum atomic E-state index is 0.642. The van der Waals surface area contributed by atoms with Crippen LogP contribution in [0, 0.1) is 11.8 Å². The van der Waals surface area contributed by atoms with Crippen molar-refractivity contribution in [1.29, 1.82) is 0 Å². The highest BCUT2D eigenvalue weighted by molar-refractivity contribution is 6.42. The largest absolute Gasteiger partial charge is 0.411 e. The van der Waals surface area contributed by atoms with Gasteiger partial charge in [-0.05, 0) is 36.8 Å². The number of para-hydroxylation sites is 1. The number of nitrogens with zero attached hydrogens (tertiary/aromatic N) is 2. The zero-order valence-corrected chi connectivity index (χ0v) is 15.9. The number of oxime groups is 1.